The van der Waals surface area contributed by atoms with E-state index in [0.717, 1.165) is 0 Å². The van der Waals surface area contributed by atoms with E-state index in [-0.39, 0.29) is 24.3 Å². The van der Waals surface area contributed by atoms with Gasteiger partial charge >= 0.3 is 0 Å². The third-order valence-electron chi connectivity index (χ3n) is 2.97. The van der Waals surface area contributed by atoms with Crippen LogP contribution in [0.5, 0.6) is 0 Å². The van der Waals surface area contributed by atoms with Crippen molar-refractivity contribution in [1.82, 2.24) is 0 Å². The first kappa shape index (κ1) is 14.9. The third kappa shape index (κ3) is 2.20. The van der Waals surface area contributed by atoms with Gasteiger partial charge in [-0.15, -0.1) is 0 Å². The summed E-state index contributed by atoms with van der Waals surface area (Å²) in [4.78, 5) is 0. The summed E-state index contributed by atoms with van der Waals surface area (Å²) in [5.41, 5.74) is 0. The number of rotatable bonds is 6. The highest BCUT2D eigenvalue weighted by Gasteiger charge is 2.49. The van der Waals surface area contributed by atoms with Gasteiger partial charge in [0.25, 0.3) is 0 Å². The Kier molecular flexibility index (Phi) is 4.79. The minimum Gasteiger partial charge on any atom is -0.227 e. The van der Waals surface area contributed by atoms with Crippen LogP contribution in [0.15, 0.2) is 0 Å². The van der Waals surface area contributed by atoms with Gasteiger partial charge in [-0.05, 0) is 12.8 Å². The van der Waals surface area contributed by atoms with E-state index in [9.17, 15) is 16.8 Å². The van der Waals surface area contributed by atoms with Gasteiger partial charge in [0.05, 0.1) is 0 Å². The fraction of sp³-hybridized carbons (Fsp3) is 1.00. The van der Waals surface area contributed by atoms with Gasteiger partial charge in [-0.1, -0.05) is 27.7 Å². The zero-order valence-electron chi connectivity index (χ0n) is 9.78. The zero-order valence-corrected chi connectivity index (χ0v) is 11.4. The Labute approximate surface area is 92.9 Å². The Bertz CT molecular complexity index is 352. The molecule has 0 saturated carbocycles. The largest absolute Gasteiger partial charge is 0.227 e. The number of hydrogen-bond acceptors (Lipinski definition) is 4. The van der Waals surface area contributed by atoms with E-state index in [1.807, 2.05) is 0 Å². The van der Waals surface area contributed by atoms with Crippen LogP contribution in [0, 0.1) is 0 Å². The van der Waals surface area contributed by atoms with Gasteiger partial charge < -0.3 is 0 Å². The van der Waals surface area contributed by atoms with E-state index in [2.05, 4.69) is 0 Å². The normalized spacial score (nSPS) is 14.1. The molecule has 0 rings (SSSR count). The summed E-state index contributed by atoms with van der Waals surface area (Å²) in [6, 6.07) is 0. The van der Waals surface area contributed by atoms with E-state index >= 15 is 0 Å². The average Bonchev–Trinajstić information content (AvgIpc) is 2.19. The quantitative estimate of drug-likeness (QED) is 0.720. The van der Waals surface area contributed by atoms with Crippen LogP contribution in [-0.4, -0.2) is 32.4 Å². The molecule has 0 radical (unpaired) electrons. The van der Waals surface area contributed by atoms with E-state index in [1.54, 1.807) is 13.8 Å². The minimum atomic E-state index is -3.58. The molecule has 0 amide bonds. The molecule has 0 spiro atoms. The van der Waals surface area contributed by atoms with Crippen LogP contribution in [0.1, 0.15) is 40.5 Å². The third-order valence-corrected chi connectivity index (χ3v) is 9.44. The SMILES string of the molecule is CCC(CC)(S(=O)(=O)CC)S(=O)(=O)CC. The summed E-state index contributed by atoms with van der Waals surface area (Å²) in [6.07, 6.45) is 0.242. The minimum absolute atomic E-state index is 0.121. The van der Waals surface area contributed by atoms with E-state index in [0.29, 0.717) is 0 Å². The number of hydrogen-bond donors (Lipinski definition) is 0. The fourth-order valence-corrected chi connectivity index (χ4v) is 6.92. The Balaban J connectivity index is 5.89. The number of sulfone groups is 2. The van der Waals surface area contributed by atoms with Crippen LogP contribution < -0.4 is 0 Å². The predicted molar refractivity (Wildman–Crippen MR) is 62.2 cm³/mol. The maximum atomic E-state index is 11.9. The molecule has 0 aromatic heterocycles. The molecule has 15 heavy (non-hydrogen) atoms. The van der Waals surface area contributed by atoms with Gasteiger partial charge in [0.2, 0.25) is 0 Å². The van der Waals surface area contributed by atoms with E-state index in [4.69, 9.17) is 0 Å². The van der Waals surface area contributed by atoms with Crippen LogP contribution in [0.4, 0.5) is 0 Å². The van der Waals surface area contributed by atoms with Crippen molar-refractivity contribution in [2.24, 2.45) is 0 Å². The Hall–Kier alpha value is -0.100. The van der Waals surface area contributed by atoms with Gasteiger partial charge in [0, 0.05) is 11.5 Å². The smallest absolute Gasteiger partial charge is 0.172 e. The molecular formula is C9H20O4S2. The first-order valence-corrected chi connectivity index (χ1v) is 8.49. The second-order valence-corrected chi connectivity index (χ2v) is 8.86. The average molecular weight is 256 g/mol. The molecule has 92 valence electrons. The second kappa shape index (κ2) is 4.82. The Morgan fingerprint density at radius 2 is 1.00 bits per heavy atom. The molecule has 0 atom stereocenters. The van der Waals surface area contributed by atoms with Gasteiger partial charge in [0.1, 0.15) is 0 Å². The molecule has 0 saturated heterocycles. The van der Waals surface area contributed by atoms with Crippen molar-refractivity contribution in [3.8, 4) is 0 Å². The lowest BCUT2D eigenvalue weighted by Gasteiger charge is -2.29. The van der Waals surface area contributed by atoms with Crippen molar-refractivity contribution in [2.75, 3.05) is 11.5 Å². The highest BCUT2D eigenvalue weighted by atomic mass is 32.3. The fourth-order valence-electron chi connectivity index (χ4n) is 1.85. The zero-order chi connectivity index (χ0) is 12.3. The van der Waals surface area contributed by atoms with Gasteiger partial charge in [0.15, 0.2) is 23.8 Å². The summed E-state index contributed by atoms with van der Waals surface area (Å²) in [5, 5.41) is 0. The van der Waals surface area contributed by atoms with Crippen LogP contribution in [0.25, 0.3) is 0 Å². The van der Waals surface area contributed by atoms with Crippen molar-refractivity contribution in [1.29, 1.82) is 0 Å². The molecule has 0 aliphatic carbocycles. The Morgan fingerprint density at radius 3 is 1.13 bits per heavy atom. The molecule has 0 unspecified atom stereocenters. The molecule has 0 bridgehead atoms. The first-order chi connectivity index (χ1) is 6.74. The Morgan fingerprint density at radius 1 is 0.733 bits per heavy atom. The summed E-state index contributed by atoms with van der Waals surface area (Å²) in [5.74, 6) is -0.262. The lowest BCUT2D eigenvalue weighted by atomic mass is 10.2. The standard InChI is InChI=1S/C9H20O4S2/c1-5-9(6-2,14(10,11)7-3)15(12,13)8-4/h5-8H2,1-4H3. The molecule has 0 aromatic carbocycles. The highest BCUT2D eigenvalue weighted by Crippen LogP contribution is 2.33. The van der Waals surface area contributed by atoms with Crippen LogP contribution in [0.2, 0.25) is 0 Å². The molecule has 0 N–H and O–H groups in total. The lowest BCUT2D eigenvalue weighted by molar-refractivity contribution is 0.525. The monoisotopic (exact) mass is 256 g/mol. The van der Waals surface area contributed by atoms with Gasteiger partial charge in [-0.2, -0.15) is 0 Å². The molecule has 0 aromatic rings. The maximum Gasteiger partial charge on any atom is 0.172 e. The second-order valence-electron chi connectivity index (χ2n) is 3.42. The van der Waals surface area contributed by atoms with Crippen molar-refractivity contribution in [2.45, 2.75) is 44.6 Å². The first-order valence-electron chi connectivity index (χ1n) is 5.19. The predicted octanol–water partition coefficient (Wildman–Crippen LogP) is 1.37. The van der Waals surface area contributed by atoms with Crippen LogP contribution in [-0.2, 0) is 19.7 Å². The molecule has 0 fully saturated rings. The van der Waals surface area contributed by atoms with Gasteiger partial charge in [-0.3, -0.25) is 0 Å². The van der Waals surface area contributed by atoms with Gasteiger partial charge in [-0.25, -0.2) is 16.8 Å². The van der Waals surface area contributed by atoms with Crippen molar-refractivity contribution >= 4 is 19.7 Å². The van der Waals surface area contributed by atoms with Crippen LogP contribution in [0.3, 0.4) is 0 Å². The van der Waals surface area contributed by atoms with Crippen LogP contribution >= 0.6 is 0 Å². The summed E-state index contributed by atoms with van der Waals surface area (Å²) < 4.78 is 46.1. The summed E-state index contributed by atoms with van der Waals surface area (Å²) >= 11 is 0. The van der Waals surface area contributed by atoms with E-state index in [1.165, 1.54) is 13.8 Å². The molecular weight excluding hydrogens is 236 g/mol. The van der Waals surface area contributed by atoms with E-state index < -0.39 is 23.8 Å². The van der Waals surface area contributed by atoms with Crippen molar-refractivity contribution in [3.63, 3.8) is 0 Å². The topological polar surface area (TPSA) is 68.3 Å². The highest BCUT2D eigenvalue weighted by molar-refractivity contribution is 8.10. The lowest BCUT2D eigenvalue weighted by Crippen LogP contribution is -2.47. The summed E-state index contributed by atoms with van der Waals surface area (Å²) in [7, 11) is -7.16. The molecule has 0 heterocycles. The maximum absolute atomic E-state index is 11.9. The summed E-state index contributed by atoms with van der Waals surface area (Å²) in [6.45, 7) is 6.20. The molecule has 0 aliphatic rings. The van der Waals surface area contributed by atoms with Crippen molar-refractivity contribution < 1.29 is 16.8 Å². The molecule has 6 heteroatoms. The molecule has 4 nitrogen and oxygen atoms in total. The molecule has 0 aliphatic heterocycles. The van der Waals surface area contributed by atoms with Crippen molar-refractivity contribution in [3.05, 3.63) is 0 Å².